The van der Waals surface area contributed by atoms with E-state index in [1.807, 2.05) is 0 Å². The van der Waals surface area contributed by atoms with Crippen LogP contribution in [0.5, 0.6) is 0 Å². The number of fused-ring (bicyclic) bond motifs is 7. The number of rotatable bonds is 5. The molecule has 10 nitrogen and oxygen atoms in total. The number of carbonyl (C=O) groups is 3. The summed E-state index contributed by atoms with van der Waals surface area (Å²) < 4.78 is 35.1. The van der Waals surface area contributed by atoms with Crippen molar-refractivity contribution in [3.8, 4) is 0 Å². The Morgan fingerprint density at radius 1 is 1.07 bits per heavy atom. The first-order valence-corrected chi connectivity index (χ1v) is 14.8. The predicted octanol–water partition coefficient (Wildman–Crippen LogP) is 2.90. The molecule has 0 radical (unpaired) electrons. The minimum atomic E-state index is -1.18. The molecule has 5 fully saturated rings. The Morgan fingerprint density at radius 3 is 2.42 bits per heavy atom. The van der Waals surface area contributed by atoms with Crippen LogP contribution in [0.25, 0.3) is 0 Å². The molecule has 6 aliphatic rings. The van der Waals surface area contributed by atoms with E-state index in [0.717, 1.165) is 12.0 Å². The summed E-state index contributed by atoms with van der Waals surface area (Å²) in [5.41, 5.74) is -1.08. The fourth-order valence-electron chi connectivity index (χ4n) is 10.0. The number of aliphatic hydroxyl groups excluding tert-OH is 1. The van der Waals surface area contributed by atoms with Crippen LogP contribution in [-0.4, -0.2) is 73.7 Å². The van der Waals surface area contributed by atoms with Crippen LogP contribution in [0.2, 0.25) is 0 Å². The largest absolute Gasteiger partial charge is 0.465 e. The maximum atomic E-state index is 13.4. The first-order valence-electron chi connectivity index (χ1n) is 14.8. The van der Waals surface area contributed by atoms with Gasteiger partial charge in [0.2, 0.25) is 5.79 Å². The third-order valence-electron chi connectivity index (χ3n) is 11.5. The minimum Gasteiger partial charge on any atom is -0.465 e. The van der Waals surface area contributed by atoms with E-state index in [2.05, 4.69) is 13.8 Å². The van der Waals surface area contributed by atoms with Crippen LogP contribution < -0.4 is 0 Å². The van der Waals surface area contributed by atoms with Crippen molar-refractivity contribution in [3.05, 3.63) is 11.6 Å². The number of ketones is 1. The van der Waals surface area contributed by atoms with E-state index in [9.17, 15) is 19.5 Å². The van der Waals surface area contributed by atoms with Gasteiger partial charge in [-0.3, -0.25) is 14.4 Å². The van der Waals surface area contributed by atoms with Gasteiger partial charge in [-0.1, -0.05) is 19.4 Å². The van der Waals surface area contributed by atoms with Crippen molar-refractivity contribution < 1.29 is 47.9 Å². The Kier molecular flexibility index (Phi) is 6.97. The molecule has 0 bridgehead atoms. The van der Waals surface area contributed by atoms with E-state index in [1.54, 1.807) is 19.9 Å². The summed E-state index contributed by atoms with van der Waals surface area (Å²) in [4.78, 5) is 39.5. The molecule has 2 saturated heterocycles. The van der Waals surface area contributed by atoms with Gasteiger partial charge in [-0.2, -0.15) is 0 Å². The van der Waals surface area contributed by atoms with Crippen molar-refractivity contribution in [2.24, 2.45) is 40.4 Å². The number of ether oxygens (including phenoxy) is 6. The molecule has 0 aromatic heterocycles. The first-order chi connectivity index (χ1) is 19.1. The second-order valence-corrected chi connectivity index (χ2v) is 12.9. The monoisotopic (exact) mass is 562 g/mol. The van der Waals surface area contributed by atoms with Crippen LogP contribution in [0.1, 0.15) is 66.2 Å². The highest BCUT2D eigenvalue weighted by Gasteiger charge is 2.77. The molecule has 2 heterocycles. The standard InChI is InChI=1S/C30H42O10/c1-5-36-25(33)23(26(34)37-6-2)18-12-19-20-8-10-29(30(40-16-38-29)14-35-15-39-30)28(20,4)13-22(32)24(19)27(3)9-7-17(31)11-21(18)27/h11,18-20,22-24,32H,5-10,12-16H2,1-4H3/t18-,19?,20?,22+,24?,27+,28+,29-,30?/m1/s1. The number of allylic oxidation sites excluding steroid dienone is 1. The van der Waals surface area contributed by atoms with Gasteiger partial charge in [0.25, 0.3) is 0 Å². The third kappa shape index (κ3) is 3.68. The molecule has 2 spiro atoms. The Balaban J connectivity index is 1.45. The Labute approximate surface area is 235 Å². The van der Waals surface area contributed by atoms with Crippen molar-refractivity contribution in [3.63, 3.8) is 0 Å². The maximum absolute atomic E-state index is 13.4. The molecule has 9 atom stereocenters. The Bertz CT molecular complexity index is 1070. The molecular weight excluding hydrogens is 520 g/mol. The number of aliphatic hydroxyl groups is 1. The van der Waals surface area contributed by atoms with Crippen LogP contribution in [0.3, 0.4) is 0 Å². The van der Waals surface area contributed by atoms with Crippen molar-refractivity contribution >= 4 is 17.7 Å². The van der Waals surface area contributed by atoms with E-state index < -0.39 is 52.1 Å². The predicted molar refractivity (Wildman–Crippen MR) is 138 cm³/mol. The van der Waals surface area contributed by atoms with E-state index in [4.69, 9.17) is 28.4 Å². The lowest BCUT2D eigenvalue weighted by atomic mass is 9.42. The molecule has 6 rings (SSSR count). The molecule has 10 heteroatoms. The summed E-state index contributed by atoms with van der Waals surface area (Å²) in [6.07, 6.45) is 4.34. The van der Waals surface area contributed by atoms with Crippen molar-refractivity contribution in [1.82, 2.24) is 0 Å². The fourth-order valence-corrected chi connectivity index (χ4v) is 10.0. The van der Waals surface area contributed by atoms with E-state index in [1.165, 1.54) is 0 Å². The lowest BCUT2D eigenvalue weighted by Crippen LogP contribution is -2.67. The van der Waals surface area contributed by atoms with Gasteiger partial charge in [0, 0.05) is 17.8 Å². The van der Waals surface area contributed by atoms with Crippen molar-refractivity contribution in [2.75, 3.05) is 33.4 Å². The average molecular weight is 563 g/mol. The van der Waals surface area contributed by atoms with Crippen LogP contribution in [0.15, 0.2) is 11.6 Å². The summed E-state index contributed by atoms with van der Waals surface area (Å²) in [5.74, 6) is -4.12. The molecule has 2 aliphatic heterocycles. The van der Waals surface area contributed by atoms with Crippen molar-refractivity contribution in [2.45, 2.75) is 83.7 Å². The number of esters is 2. The smallest absolute Gasteiger partial charge is 0.320 e. The highest BCUT2D eigenvalue weighted by molar-refractivity contribution is 5.97. The SMILES string of the molecule is CCOC(=O)C(C(=O)OCC)[C@@H]1CC2C([C@@H](O)C[C@@]3(C)C2CC[C@@]32OCOC23COCO3)[C@@]2(C)CCC(=O)C=C12. The van der Waals surface area contributed by atoms with E-state index >= 15 is 0 Å². The minimum absolute atomic E-state index is 0.0193. The quantitative estimate of drug-likeness (QED) is 0.395. The Hall–Kier alpha value is -1.85. The molecule has 3 saturated carbocycles. The molecule has 222 valence electrons. The van der Waals surface area contributed by atoms with Gasteiger partial charge in [0.1, 0.15) is 12.2 Å². The second kappa shape index (κ2) is 9.87. The number of hydrogen-bond donors (Lipinski definition) is 1. The number of hydrogen-bond acceptors (Lipinski definition) is 10. The van der Waals surface area contributed by atoms with E-state index in [0.29, 0.717) is 32.1 Å². The average Bonchev–Trinajstić information content (AvgIpc) is 3.60. The molecular formula is C30H42O10. The van der Waals surface area contributed by atoms with Crippen LogP contribution in [0, 0.1) is 40.4 Å². The maximum Gasteiger partial charge on any atom is 0.320 e. The van der Waals surface area contributed by atoms with Crippen LogP contribution >= 0.6 is 0 Å². The lowest BCUT2D eigenvalue weighted by Gasteiger charge is -2.63. The normalized spacial score (nSPS) is 45.8. The van der Waals surface area contributed by atoms with E-state index in [-0.39, 0.29) is 56.9 Å². The zero-order chi connectivity index (χ0) is 28.5. The van der Waals surface area contributed by atoms with Gasteiger partial charge < -0.3 is 33.5 Å². The highest BCUT2D eigenvalue weighted by Crippen LogP contribution is 2.72. The molecule has 0 aromatic carbocycles. The lowest BCUT2D eigenvalue weighted by molar-refractivity contribution is -0.258. The third-order valence-corrected chi connectivity index (χ3v) is 11.5. The molecule has 40 heavy (non-hydrogen) atoms. The van der Waals surface area contributed by atoms with Gasteiger partial charge in [0.15, 0.2) is 25.3 Å². The molecule has 0 amide bonds. The Morgan fingerprint density at radius 2 is 1.77 bits per heavy atom. The van der Waals surface area contributed by atoms with Gasteiger partial charge >= 0.3 is 11.9 Å². The zero-order valence-electron chi connectivity index (χ0n) is 23.9. The van der Waals surface area contributed by atoms with Crippen molar-refractivity contribution in [1.29, 1.82) is 0 Å². The summed E-state index contributed by atoms with van der Waals surface area (Å²) in [6, 6.07) is 0. The molecule has 4 aliphatic carbocycles. The summed E-state index contributed by atoms with van der Waals surface area (Å²) in [7, 11) is 0. The van der Waals surface area contributed by atoms with Gasteiger partial charge in [-0.05, 0) is 75.2 Å². The second-order valence-electron chi connectivity index (χ2n) is 12.9. The summed E-state index contributed by atoms with van der Waals surface area (Å²) in [6.45, 7) is 8.44. The molecule has 4 unspecified atom stereocenters. The fraction of sp³-hybridized carbons (Fsp3) is 0.833. The summed E-state index contributed by atoms with van der Waals surface area (Å²) >= 11 is 0. The molecule has 1 N–H and O–H groups in total. The number of carbonyl (C=O) groups excluding carboxylic acids is 3. The zero-order valence-corrected chi connectivity index (χ0v) is 23.9. The molecule has 0 aromatic rings. The van der Waals surface area contributed by atoms with Crippen LogP contribution in [-0.2, 0) is 42.8 Å². The van der Waals surface area contributed by atoms with Gasteiger partial charge in [-0.15, -0.1) is 0 Å². The van der Waals surface area contributed by atoms with Gasteiger partial charge in [-0.25, -0.2) is 0 Å². The van der Waals surface area contributed by atoms with Gasteiger partial charge in [0.05, 0.1) is 19.3 Å². The summed E-state index contributed by atoms with van der Waals surface area (Å²) in [5, 5.41) is 12.0. The first kappa shape index (κ1) is 28.3. The van der Waals surface area contributed by atoms with Crippen LogP contribution in [0.4, 0.5) is 0 Å². The highest BCUT2D eigenvalue weighted by atomic mass is 16.9. The topological polar surface area (TPSA) is 127 Å².